The summed E-state index contributed by atoms with van der Waals surface area (Å²) in [4.78, 5) is 67.5. The summed E-state index contributed by atoms with van der Waals surface area (Å²) in [5.41, 5.74) is 0. The molecule has 0 spiro atoms. The molecule has 0 atom stereocenters. The van der Waals surface area contributed by atoms with Crippen molar-refractivity contribution in [3.8, 4) is 0 Å². The molecule has 0 aliphatic carbocycles. The van der Waals surface area contributed by atoms with Gasteiger partial charge in [0.2, 0.25) is 0 Å². The van der Waals surface area contributed by atoms with E-state index >= 15 is 0 Å². The number of rotatable bonds is 0. The molecule has 0 aromatic heterocycles. The fourth-order valence-electron chi connectivity index (χ4n) is 0. The van der Waals surface area contributed by atoms with E-state index in [1.54, 1.807) is 0 Å². The summed E-state index contributed by atoms with van der Waals surface area (Å²) in [6.45, 7) is 0. The van der Waals surface area contributed by atoms with E-state index in [0.717, 1.165) is 0 Å². The Hall–Kier alpha value is 1.44. The third kappa shape index (κ3) is 4340. The molecule has 0 unspecified atom stereocenters. The molecule has 0 saturated heterocycles. The van der Waals surface area contributed by atoms with E-state index < -0.39 is 31.6 Å². The van der Waals surface area contributed by atoms with Crippen LogP contribution in [0.15, 0.2) is 0 Å². The van der Waals surface area contributed by atoms with E-state index in [4.69, 9.17) is 57.4 Å². The van der Waals surface area contributed by atoms with Crippen LogP contribution in [0.3, 0.4) is 0 Å². The van der Waals surface area contributed by atoms with E-state index in [-0.39, 0.29) is 35.9 Å². The summed E-state index contributed by atoms with van der Waals surface area (Å²) in [5.74, 6) is 0. The first-order valence-corrected chi connectivity index (χ1v) is 8.60. The van der Waals surface area contributed by atoms with Crippen LogP contribution < -0.4 is 39.1 Å². The molecule has 133 valence electrons. The van der Waals surface area contributed by atoms with Gasteiger partial charge in [0.25, 0.3) is 0 Å². The molecule has 22 heteroatoms. The van der Waals surface area contributed by atoms with Gasteiger partial charge in [-0.2, -0.15) is 0 Å². The van der Waals surface area contributed by atoms with Gasteiger partial charge in [-0.3, -0.25) is 0 Å². The third-order valence-corrected chi connectivity index (χ3v) is 0. The molecular weight excluding hydrogens is 470 g/mol. The fourth-order valence-corrected chi connectivity index (χ4v) is 0. The number of hydrogen-bond donors (Lipinski definition) is 0. The largest absolute Gasteiger partial charge is 3.00 e. The predicted molar refractivity (Wildman–Crippen MR) is 40.6 cm³/mol. The minimum atomic E-state index is -5.64. The van der Waals surface area contributed by atoms with Gasteiger partial charge in [0.1, 0.15) is 31.6 Å². The quantitative estimate of drug-likeness (QED) is 0.183. The maximum atomic E-state index is 10.1. The number of halogens is 4. The predicted octanol–water partition coefficient (Wildman–Crippen LogP) is -5.24. The van der Waals surface area contributed by atoms with Crippen molar-refractivity contribution < 1.29 is 92.8 Å². The maximum Gasteiger partial charge on any atom is 3.00 e. The number of hydrogen-bond acceptors (Lipinski definition) is 12. The first-order valence-electron chi connectivity index (χ1n) is 2.87. The van der Waals surface area contributed by atoms with Gasteiger partial charge < -0.3 is 57.4 Å². The van der Waals surface area contributed by atoms with Crippen molar-refractivity contribution in [2.45, 2.75) is 0 Å². The SMILES string of the molecule is O=P([O-])([O-])F.O=P([O-])([O-])F.O=P([O-])([O-])F.O=P([O-])([O-])F.[Al+3].[V]. The van der Waals surface area contributed by atoms with Crippen LogP contribution in [0.1, 0.15) is 0 Å². The van der Waals surface area contributed by atoms with Gasteiger partial charge >= 0.3 is 17.4 Å². The van der Waals surface area contributed by atoms with Crippen molar-refractivity contribution in [1.82, 2.24) is 0 Å². The van der Waals surface area contributed by atoms with Crippen molar-refractivity contribution >= 4 is 49.0 Å². The zero-order valence-corrected chi connectivity index (χ0v) is 15.4. The Kier molecular flexibility index (Phi) is 28.1. The standard InChI is InChI=1S/Al.4FH2O3P.V/c;4*1-5(2,3)4;/h;4*(H2,2,3,4);/q+3;;;;;/p-8. The van der Waals surface area contributed by atoms with Gasteiger partial charge in [0.05, 0.1) is 0 Å². The molecule has 0 fully saturated rings. The van der Waals surface area contributed by atoms with Crippen molar-refractivity contribution in [2.75, 3.05) is 0 Å². The van der Waals surface area contributed by atoms with Gasteiger partial charge in [0.15, 0.2) is 0 Å². The Morgan fingerprint density at radius 1 is 0.455 bits per heavy atom. The normalized spacial score (nSPS) is 10.7. The molecule has 22 heavy (non-hydrogen) atoms. The summed E-state index contributed by atoms with van der Waals surface area (Å²) in [6, 6.07) is 0. The van der Waals surface area contributed by atoms with Crippen LogP contribution >= 0.6 is 31.6 Å². The van der Waals surface area contributed by atoms with Gasteiger partial charge in [-0.05, 0) is 0 Å². The maximum absolute atomic E-state index is 10.1. The van der Waals surface area contributed by atoms with Crippen molar-refractivity contribution in [2.24, 2.45) is 0 Å². The molecule has 0 amide bonds. The molecule has 0 heterocycles. The molecule has 0 aliphatic heterocycles. The van der Waals surface area contributed by atoms with Crippen LogP contribution in [0.5, 0.6) is 0 Å². The molecule has 0 aliphatic rings. The van der Waals surface area contributed by atoms with Crippen LogP contribution in [0, 0.1) is 0 Å². The molecule has 0 rings (SSSR count). The average Bonchev–Trinajstić information content (AvgIpc) is 1.62. The molecular formula is AlF4O12P4V-5. The summed E-state index contributed by atoms with van der Waals surface area (Å²) in [5, 5.41) is 0. The minimum Gasteiger partial charge on any atom is -0.786 e. The van der Waals surface area contributed by atoms with Gasteiger partial charge in [-0.15, -0.1) is 0 Å². The summed E-state index contributed by atoms with van der Waals surface area (Å²) >= 11 is 0. The molecule has 0 N–H and O–H groups in total. The Morgan fingerprint density at radius 2 is 0.455 bits per heavy atom. The summed E-state index contributed by atoms with van der Waals surface area (Å²) < 4.78 is 74.3. The summed E-state index contributed by atoms with van der Waals surface area (Å²) in [7, 11) is -22.6. The topological polar surface area (TPSA) is 253 Å². The fraction of sp³-hybridized carbons (Fsp3) is 0. The van der Waals surface area contributed by atoms with Crippen molar-refractivity contribution in [3.63, 3.8) is 0 Å². The van der Waals surface area contributed by atoms with Crippen LogP contribution in [0.4, 0.5) is 16.8 Å². The van der Waals surface area contributed by atoms with Gasteiger partial charge in [-0.25, -0.2) is 16.8 Å². The summed E-state index contributed by atoms with van der Waals surface area (Å²) in [6.07, 6.45) is 0. The van der Waals surface area contributed by atoms with Crippen molar-refractivity contribution in [3.05, 3.63) is 0 Å². The molecule has 0 aromatic carbocycles. The Labute approximate surface area is 142 Å². The minimum absolute atomic E-state index is 0. The van der Waals surface area contributed by atoms with Crippen molar-refractivity contribution in [1.29, 1.82) is 0 Å². The Morgan fingerprint density at radius 3 is 0.455 bits per heavy atom. The first-order chi connectivity index (χ1) is 8.00. The Balaban J connectivity index is -0.0000000376. The van der Waals surface area contributed by atoms with E-state index in [1.807, 2.05) is 0 Å². The van der Waals surface area contributed by atoms with E-state index in [9.17, 15) is 16.8 Å². The smallest absolute Gasteiger partial charge is 0.786 e. The van der Waals surface area contributed by atoms with Gasteiger partial charge in [-0.1, -0.05) is 0 Å². The second-order valence-corrected chi connectivity index (χ2v) is 5.17. The van der Waals surface area contributed by atoms with Crippen LogP contribution in [-0.2, 0) is 36.8 Å². The molecule has 0 saturated carbocycles. The zero-order chi connectivity index (χ0) is 18.0. The second kappa shape index (κ2) is 15.9. The van der Waals surface area contributed by atoms with E-state index in [1.165, 1.54) is 0 Å². The Bertz CT molecular complexity index is 304. The first kappa shape index (κ1) is 38.8. The molecule has 12 nitrogen and oxygen atoms in total. The van der Waals surface area contributed by atoms with Crippen LogP contribution in [0.25, 0.3) is 0 Å². The molecule has 1 radical (unpaired) electrons. The molecule has 0 aromatic rings. The van der Waals surface area contributed by atoms with Crippen LogP contribution in [0.2, 0.25) is 0 Å². The third-order valence-electron chi connectivity index (χ3n) is 0. The van der Waals surface area contributed by atoms with E-state index in [0.29, 0.717) is 0 Å². The second-order valence-electron chi connectivity index (χ2n) is 1.72. The average molecular weight is 470 g/mol. The zero-order valence-electron chi connectivity index (χ0n) is 9.22. The monoisotopic (exact) mass is 470 g/mol. The van der Waals surface area contributed by atoms with E-state index in [2.05, 4.69) is 0 Å². The van der Waals surface area contributed by atoms with Gasteiger partial charge in [0, 0.05) is 18.6 Å². The molecule has 0 bridgehead atoms. The van der Waals surface area contributed by atoms with Crippen LogP contribution in [-0.4, -0.2) is 17.4 Å².